The summed E-state index contributed by atoms with van der Waals surface area (Å²) in [5.41, 5.74) is 0.374. The summed E-state index contributed by atoms with van der Waals surface area (Å²) in [6, 6.07) is 4.96. The van der Waals surface area contributed by atoms with Crippen molar-refractivity contribution in [2.24, 2.45) is 0 Å². The molecule has 0 saturated carbocycles. The van der Waals surface area contributed by atoms with Crippen LogP contribution in [0, 0.1) is 0 Å². The molecule has 0 aliphatic carbocycles. The number of carbonyl (C=O) groups excluding carboxylic acids is 2. The Kier molecular flexibility index (Phi) is 5.17. The van der Waals surface area contributed by atoms with Crippen molar-refractivity contribution in [1.82, 2.24) is 0 Å². The topological polar surface area (TPSA) is 61.8 Å². The summed E-state index contributed by atoms with van der Waals surface area (Å²) in [7, 11) is 1.47. The molecule has 0 atom stereocenters. The average molecular weight is 252 g/mol. The van der Waals surface area contributed by atoms with Crippen molar-refractivity contribution in [2.75, 3.05) is 20.3 Å². The first-order valence-electron chi connectivity index (χ1n) is 5.56. The van der Waals surface area contributed by atoms with Gasteiger partial charge >= 0.3 is 5.97 Å². The Morgan fingerprint density at radius 1 is 1.28 bits per heavy atom. The Morgan fingerprint density at radius 3 is 2.56 bits per heavy atom. The molecule has 98 valence electrons. The number of methoxy groups -OCH3 is 1. The van der Waals surface area contributed by atoms with Crippen LogP contribution in [0.2, 0.25) is 0 Å². The van der Waals surface area contributed by atoms with Gasteiger partial charge in [0.2, 0.25) is 0 Å². The summed E-state index contributed by atoms with van der Waals surface area (Å²) in [5, 5.41) is 0. The van der Waals surface area contributed by atoms with Crippen LogP contribution in [0.4, 0.5) is 0 Å². The number of hydrogen-bond donors (Lipinski definition) is 0. The molecular weight excluding hydrogens is 236 g/mol. The number of carbonyl (C=O) groups is 2. The Bertz CT molecular complexity index is 439. The first-order valence-corrected chi connectivity index (χ1v) is 5.56. The normalized spacial score (nSPS) is 9.72. The average Bonchev–Trinajstić information content (AvgIpc) is 2.36. The van der Waals surface area contributed by atoms with E-state index >= 15 is 0 Å². The van der Waals surface area contributed by atoms with Crippen LogP contribution in [0.5, 0.6) is 11.5 Å². The number of esters is 1. The lowest BCUT2D eigenvalue weighted by atomic mass is 10.1. The Labute approximate surface area is 106 Å². The third kappa shape index (κ3) is 3.48. The van der Waals surface area contributed by atoms with E-state index in [2.05, 4.69) is 0 Å². The van der Waals surface area contributed by atoms with E-state index in [1.807, 2.05) is 0 Å². The van der Waals surface area contributed by atoms with E-state index in [0.717, 1.165) is 0 Å². The minimum atomic E-state index is -0.488. The highest BCUT2D eigenvalue weighted by atomic mass is 16.6. The maximum Gasteiger partial charge on any atom is 0.344 e. The summed E-state index contributed by atoms with van der Waals surface area (Å²) < 4.78 is 15.2. The number of benzene rings is 1. The van der Waals surface area contributed by atoms with Crippen molar-refractivity contribution >= 4 is 11.8 Å². The van der Waals surface area contributed by atoms with E-state index in [4.69, 9.17) is 14.2 Å². The molecule has 0 spiro atoms. The van der Waals surface area contributed by atoms with Crippen molar-refractivity contribution in [3.8, 4) is 11.5 Å². The van der Waals surface area contributed by atoms with Gasteiger partial charge in [0.25, 0.3) is 0 Å². The van der Waals surface area contributed by atoms with Crippen LogP contribution in [0.25, 0.3) is 0 Å². The zero-order valence-electron chi connectivity index (χ0n) is 10.7. The van der Waals surface area contributed by atoms with Crippen molar-refractivity contribution in [3.05, 3.63) is 23.8 Å². The van der Waals surface area contributed by atoms with Crippen LogP contribution in [0.3, 0.4) is 0 Å². The van der Waals surface area contributed by atoms with Gasteiger partial charge in [0.15, 0.2) is 23.9 Å². The van der Waals surface area contributed by atoms with Crippen molar-refractivity contribution in [3.63, 3.8) is 0 Å². The van der Waals surface area contributed by atoms with Crippen LogP contribution in [0.1, 0.15) is 24.2 Å². The van der Waals surface area contributed by atoms with Crippen LogP contribution < -0.4 is 9.47 Å². The van der Waals surface area contributed by atoms with E-state index in [0.29, 0.717) is 11.3 Å². The smallest absolute Gasteiger partial charge is 0.344 e. The summed E-state index contributed by atoms with van der Waals surface area (Å²) in [6.45, 7) is 3.16. The summed E-state index contributed by atoms with van der Waals surface area (Å²) >= 11 is 0. The first kappa shape index (κ1) is 14.0. The molecule has 0 unspecified atom stereocenters. The molecule has 5 heteroatoms. The number of rotatable bonds is 6. The Hall–Kier alpha value is -2.04. The van der Waals surface area contributed by atoms with Gasteiger partial charge in [0.05, 0.1) is 19.3 Å². The maximum absolute atomic E-state index is 11.5. The van der Waals surface area contributed by atoms with Gasteiger partial charge in [-0.1, -0.05) is 6.07 Å². The van der Waals surface area contributed by atoms with Crippen molar-refractivity contribution in [1.29, 1.82) is 0 Å². The van der Waals surface area contributed by atoms with Gasteiger partial charge in [-0.15, -0.1) is 0 Å². The minimum absolute atomic E-state index is 0.159. The number of ether oxygens (including phenoxy) is 3. The zero-order valence-corrected chi connectivity index (χ0v) is 10.7. The summed E-state index contributed by atoms with van der Waals surface area (Å²) in [6.07, 6.45) is 0. The molecule has 1 aromatic rings. The molecule has 0 amide bonds. The number of para-hydroxylation sites is 1. The Balaban J connectivity index is 2.91. The number of ketones is 1. The van der Waals surface area contributed by atoms with Gasteiger partial charge in [-0.25, -0.2) is 4.79 Å². The molecule has 0 saturated heterocycles. The lowest BCUT2D eigenvalue weighted by Gasteiger charge is -2.13. The molecule has 0 N–H and O–H groups in total. The quantitative estimate of drug-likeness (QED) is 0.571. The second-order valence-electron chi connectivity index (χ2n) is 3.49. The van der Waals surface area contributed by atoms with Gasteiger partial charge in [-0.05, 0) is 26.0 Å². The van der Waals surface area contributed by atoms with Gasteiger partial charge in [0.1, 0.15) is 0 Å². The highest BCUT2D eigenvalue weighted by Gasteiger charge is 2.15. The van der Waals surface area contributed by atoms with E-state index in [9.17, 15) is 9.59 Å². The van der Waals surface area contributed by atoms with Gasteiger partial charge < -0.3 is 14.2 Å². The molecule has 0 aromatic heterocycles. The Morgan fingerprint density at radius 2 is 2.00 bits per heavy atom. The lowest BCUT2D eigenvalue weighted by molar-refractivity contribution is -0.145. The maximum atomic E-state index is 11.5. The van der Waals surface area contributed by atoms with Crippen LogP contribution in [-0.2, 0) is 9.53 Å². The molecule has 1 rings (SSSR count). The third-order valence-corrected chi connectivity index (χ3v) is 2.22. The monoisotopic (exact) mass is 252 g/mol. The number of Topliss-reactive ketones (excluding diaryl/α,β-unsaturated/α-hetero) is 1. The number of hydrogen-bond acceptors (Lipinski definition) is 5. The fourth-order valence-electron chi connectivity index (χ4n) is 1.44. The fourth-order valence-corrected chi connectivity index (χ4v) is 1.44. The molecule has 1 aromatic carbocycles. The van der Waals surface area contributed by atoms with Crippen LogP contribution in [-0.4, -0.2) is 32.1 Å². The fraction of sp³-hybridized carbons (Fsp3) is 0.385. The minimum Gasteiger partial charge on any atom is -0.493 e. The third-order valence-electron chi connectivity index (χ3n) is 2.22. The van der Waals surface area contributed by atoms with E-state index in [1.54, 1.807) is 25.1 Å². The van der Waals surface area contributed by atoms with E-state index in [1.165, 1.54) is 14.0 Å². The molecule has 0 bridgehead atoms. The highest BCUT2D eigenvalue weighted by molar-refractivity contribution is 5.97. The molecule has 18 heavy (non-hydrogen) atoms. The predicted octanol–water partition coefficient (Wildman–Crippen LogP) is 1.84. The van der Waals surface area contributed by atoms with Crippen LogP contribution >= 0.6 is 0 Å². The van der Waals surface area contributed by atoms with E-state index < -0.39 is 5.97 Å². The molecule has 0 fully saturated rings. The van der Waals surface area contributed by atoms with Gasteiger partial charge in [-0.3, -0.25) is 4.79 Å². The molecule has 5 nitrogen and oxygen atoms in total. The van der Waals surface area contributed by atoms with Crippen molar-refractivity contribution in [2.45, 2.75) is 13.8 Å². The molecule has 0 heterocycles. The molecule has 0 aliphatic rings. The zero-order chi connectivity index (χ0) is 13.5. The lowest BCUT2D eigenvalue weighted by Crippen LogP contribution is -2.16. The molecule has 0 aliphatic heterocycles. The summed E-state index contributed by atoms with van der Waals surface area (Å²) in [5.74, 6) is 0.0261. The second-order valence-corrected chi connectivity index (χ2v) is 3.49. The second kappa shape index (κ2) is 6.64. The molecule has 0 radical (unpaired) electrons. The van der Waals surface area contributed by atoms with Crippen LogP contribution in [0.15, 0.2) is 18.2 Å². The predicted molar refractivity (Wildman–Crippen MR) is 65.1 cm³/mol. The van der Waals surface area contributed by atoms with Gasteiger partial charge in [0, 0.05) is 0 Å². The SMILES string of the molecule is CCOC(=O)COc1c(OC)cccc1C(C)=O. The molecular formula is C13H16O5. The largest absolute Gasteiger partial charge is 0.493 e. The summed E-state index contributed by atoms with van der Waals surface area (Å²) in [4.78, 5) is 22.7. The van der Waals surface area contributed by atoms with Gasteiger partial charge in [-0.2, -0.15) is 0 Å². The standard InChI is InChI=1S/C13H16O5/c1-4-17-12(15)8-18-13-10(9(2)14)6-5-7-11(13)16-3/h5-7H,4,8H2,1-3H3. The van der Waals surface area contributed by atoms with E-state index in [-0.39, 0.29) is 24.7 Å². The first-order chi connectivity index (χ1) is 8.60. The highest BCUT2D eigenvalue weighted by Crippen LogP contribution is 2.31. The van der Waals surface area contributed by atoms with Crippen molar-refractivity contribution < 1.29 is 23.8 Å².